The van der Waals surface area contributed by atoms with Crippen LogP contribution in [-0.2, 0) is 24.3 Å². The Morgan fingerprint density at radius 3 is 2.53 bits per heavy atom. The fourth-order valence-corrected chi connectivity index (χ4v) is 5.14. The molecule has 38 heavy (non-hydrogen) atoms. The molecule has 2 aromatic heterocycles. The molecule has 0 saturated carbocycles. The zero-order valence-corrected chi connectivity index (χ0v) is 22.3. The Hall–Kier alpha value is -3.98. The van der Waals surface area contributed by atoms with Crippen molar-refractivity contribution in [3.05, 3.63) is 75.9 Å². The molecule has 1 N–H and O–H groups in total. The van der Waals surface area contributed by atoms with Gasteiger partial charge in [-0.25, -0.2) is 0 Å². The Kier molecular flexibility index (Phi) is 7.28. The van der Waals surface area contributed by atoms with Crippen LogP contribution in [0.15, 0.2) is 36.4 Å². The molecule has 0 atom stereocenters. The minimum Gasteiger partial charge on any atom is -0.495 e. The van der Waals surface area contributed by atoms with Gasteiger partial charge in [0.05, 0.1) is 54.2 Å². The van der Waals surface area contributed by atoms with Crippen molar-refractivity contribution in [3.8, 4) is 5.75 Å². The van der Waals surface area contributed by atoms with Crippen molar-refractivity contribution in [1.82, 2.24) is 19.8 Å². The first kappa shape index (κ1) is 25.7. The van der Waals surface area contributed by atoms with Gasteiger partial charge < -0.3 is 24.6 Å². The molecule has 0 unspecified atom stereocenters. The number of hydrogen-bond donors (Lipinski definition) is 1. The third-order valence-electron chi connectivity index (χ3n) is 7.07. The summed E-state index contributed by atoms with van der Waals surface area (Å²) in [5.41, 5.74) is 6.67. The van der Waals surface area contributed by atoms with Gasteiger partial charge in [-0.05, 0) is 55.7 Å². The number of benzene rings is 1. The summed E-state index contributed by atoms with van der Waals surface area (Å²) in [4.78, 5) is 39.0. The molecule has 9 nitrogen and oxygen atoms in total. The first-order valence-electron chi connectivity index (χ1n) is 12.8. The Morgan fingerprint density at radius 1 is 1.03 bits per heavy atom. The number of anilines is 2. The van der Waals surface area contributed by atoms with Crippen LogP contribution in [0.1, 0.15) is 61.9 Å². The average Bonchev–Trinajstić information content (AvgIpc) is 3.53. The fraction of sp³-hybridized carbons (Fsp3) is 0.379. The summed E-state index contributed by atoms with van der Waals surface area (Å²) in [5, 5.41) is 3.41. The highest BCUT2D eigenvalue weighted by atomic mass is 16.5. The normalized spacial score (nSPS) is 14.7. The van der Waals surface area contributed by atoms with E-state index in [-0.39, 0.29) is 11.8 Å². The molecule has 4 heterocycles. The number of carbonyl (C=O) groups is 2. The maximum atomic E-state index is 13.0. The molecule has 2 aliphatic heterocycles. The number of pyridine rings is 2. The lowest BCUT2D eigenvalue weighted by Gasteiger charge is -2.17. The molecule has 2 amide bonds. The molecule has 1 fully saturated rings. The van der Waals surface area contributed by atoms with E-state index in [4.69, 9.17) is 19.4 Å². The maximum Gasteiger partial charge on any atom is 0.257 e. The predicted molar refractivity (Wildman–Crippen MR) is 144 cm³/mol. The molecule has 198 valence electrons. The summed E-state index contributed by atoms with van der Waals surface area (Å²) < 4.78 is 10.8. The van der Waals surface area contributed by atoms with Crippen LogP contribution < -0.4 is 10.1 Å². The Balaban J connectivity index is 1.44. The van der Waals surface area contributed by atoms with Gasteiger partial charge in [0.1, 0.15) is 5.75 Å². The van der Waals surface area contributed by atoms with Gasteiger partial charge in [0, 0.05) is 45.1 Å². The lowest BCUT2D eigenvalue weighted by Crippen LogP contribution is -2.28. The summed E-state index contributed by atoms with van der Waals surface area (Å²) in [6.45, 7) is 4.41. The number of nitrogens with one attached hydrogen (secondary N) is 1. The minimum atomic E-state index is -0.0738. The molecule has 0 radical (unpaired) electrons. The van der Waals surface area contributed by atoms with Crippen LogP contribution in [0.2, 0.25) is 0 Å². The number of hydrogen-bond acceptors (Lipinski definition) is 7. The highest BCUT2D eigenvalue weighted by molar-refractivity contribution is 6.03. The third-order valence-corrected chi connectivity index (χ3v) is 7.07. The fourth-order valence-electron chi connectivity index (χ4n) is 5.14. The van der Waals surface area contributed by atoms with Gasteiger partial charge in [-0.15, -0.1) is 0 Å². The lowest BCUT2D eigenvalue weighted by atomic mass is 10.1. The van der Waals surface area contributed by atoms with E-state index < -0.39 is 0 Å². The number of nitrogens with zero attached hydrogens (tertiary/aromatic N) is 4. The maximum absolute atomic E-state index is 13.0. The van der Waals surface area contributed by atoms with Crippen LogP contribution in [0, 0.1) is 6.92 Å². The molecule has 0 bridgehead atoms. The summed E-state index contributed by atoms with van der Waals surface area (Å²) in [5.74, 6) is 0.629. The molecule has 1 saturated heterocycles. The summed E-state index contributed by atoms with van der Waals surface area (Å²) >= 11 is 0. The number of amides is 2. The number of rotatable bonds is 8. The molecular weight excluding hydrogens is 482 g/mol. The van der Waals surface area contributed by atoms with Crippen molar-refractivity contribution in [2.45, 2.75) is 39.3 Å². The van der Waals surface area contributed by atoms with Gasteiger partial charge in [-0.2, -0.15) is 0 Å². The van der Waals surface area contributed by atoms with Gasteiger partial charge in [0.25, 0.3) is 11.8 Å². The first-order valence-corrected chi connectivity index (χ1v) is 12.8. The minimum absolute atomic E-state index is 0.0493. The van der Waals surface area contributed by atoms with Gasteiger partial charge in [-0.1, -0.05) is 6.07 Å². The smallest absolute Gasteiger partial charge is 0.257 e. The molecule has 5 rings (SSSR count). The van der Waals surface area contributed by atoms with Gasteiger partial charge in [0.15, 0.2) is 0 Å². The summed E-state index contributed by atoms with van der Waals surface area (Å²) in [7, 11) is 5.04. The van der Waals surface area contributed by atoms with Crippen LogP contribution in [0.3, 0.4) is 0 Å². The molecule has 1 aromatic carbocycles. The van der Waals surface area contributed by atoms with Crippen molar-refractivity contribution < 1.29 is 19.1 Å². The van der Waals surface area contributed by atoms with Crippen molar-refractivity contribution in [2.75, 3.05) is 39.7 Å². The van der Waals surface area contributed by atoms with E-state index in [1.165, 1.54) is 0 Å². The monoisotopic (exact) mass is 515 g/mol. The number of methoxy groups -OCH3 is 2. The molecule has 9 heteroatoms. The largest absolute Gasteiger partial charge is 0.495 e. The van der Waals surface area contributed by atoms with E-state index in [0.29, 0.717) is 42.1 Å². The van der Waals surface area contributed by atoms with Gasteiger partial charge >= 0.3 is 0 Å². The standard InChI is InChI=1S/C29H33N5O4/c1-18-22(28(35)34-11-5-6-12-34)9-8-20(30-18)14-21-15-24(27-25(31-21)16-33(2)29(27)36)32-23-10-7-19(17-37-3)13-26(23)38-4/h7-10,13,15H,5-6,11-12,14,16-17H2,1-4H3,(H,31,32). The van der Waals surface area contributed by atoms with Crippen molar-refractivity contribution in [1.29, 1.82) is 0 Å². The lowest BCUT2D eigenvalue weighted by molar-refractivity contribution is 0.0789. The zero-order chi connectivity index (χ0) is 26.8. The predicted octanol–water partition coefficient (Wildman–Crippen LogP) is 4.10. The van der Waals surface area contributed by atoms with E-state index in [0.717, 1.165) is 60.0 Å². The van der Waals surface area contributed by atoms with E-state index in [9.17, 15) is 9.59 Å². The summed E-state index contributed by atoms with van der Waals surface area (Å²) in [6, 6.07) is 11.5. The quantitative estimate of drug-likeness (QED) is 0.483. The number of aryl methyl sites for hydroxylation is 1. The summed E-state index contributed by atoms with van der Waals surface area (Å²) in [6.07, 6.45) is 2.58. The van der Waals surface area contributed by atoms with Crippen LogP contribution in [0.5, 0.6) is 5.75 Å². The third kappa shape index (κ3) is 5.06. The topological polar surface area (TPSA) is 96.9 Å². The molecule has 3 aromatic rings. The van der Waals surface area contributed by atoms with Crippen LogP contribution in [0.25, 0.3) is 0 Å². The average molecular weight is 516 g/mol. The van der Waals surface area contributed by atoms with E-state index in [1.54, 1.807) is 26.2 Å². The highest BCUT2D eigenvalue weighted by Crippen LogP contribution is 2.34. The second-order valence-corrected chi connectivity index (χ2v) is 9.85. The second kappa shape index (κ2) is 10.8. The second-order valence-electron chi connectivity index (χ2n) is 9.85. The molecular formula is C29H33N5O4. The van der Waals surface area contributed by atoms with Gasteiger partial charge in [0.2, 0.25) is 0 Å². The Bertz CT molecular complexity index is 1380. The van der Waals surface area contributed by atoms with Crippen molar-refractivity contribution in [3.63, 3.8) is 0 Å². The van der Waals surface area contributed by atoms with Crippen LogP contribution in [0.4, 0.5) is 11.4 Å². The zero-order valence-electron chi connectivity index (χ0n) is 22.3. The molecule has 2 aliphatic rings. The molecule has 0 aliphatic carbocycles. The number of ether oxygens (including phenoxy) is 2. The molecule has 0 spiro atoms. The number of carbonyl (C=O) groups excluding carboxylic acids is 2. The Morgan fingerprint density at radius 2 is 1.82 bits per heavy atom. The number of fused-ring (bicyclic) bond motifs is 1. The SMILES string of the molecule is COCc1ccc(Nc2cc(Cc3ccc(C(=O)N4CCCC4)c(C)n3)nc3c2C(=O)N(C)C3)c(OC)c1. The van der Waals surface area contributed by atoms with Crippen molar-refractivity contribution in [2.24, 2.45) is 0 Å². The number of likely N-dealkylation sites (tertiary alicyclic amines) is 1. The van der Waals surface area contributed by atoms with E-state index in [2.05, 4.69) is 5.32 Å². The van der Waals surface area contributed by atoms with Crippen LogP contribution in [-0.4, -0.2) is 65.9 Å². The van der Waals surface area contributed by atoms with Crippen LogP contribution >= 0.6 is 0 Å². The highest BCUT2D eigenvalue weighted by Gasteiger charge is 2.30. The van der Waals surface area contributed by atoms with Gasteiger partial charge in [-0.3, -0.25) is 19.6 Å². The Labute approximate surface area is 222 Å². The van der Waals surface area contributed by atoms with E-state index in [1.807, 2.05) is 48.2 Å². The number of aromatic nitrogens is 2. The first-order chi connectivity index (χ1) is 18.4. The van der Waals surface area contributed by atoms with E-state index >= 15 is 0 Å². The van der Waals surface area contributed by atoms with Crippen molar-refractivity contribution >= 4 is 23.2 Å².